The number of nitrogens with one attached hydrogen (secondary N) is 1. The van der Waals surface area contributed by atoms with E-state index in [4.69, 9.17) is 14.2 Å². The van der Waals surface area contributed by atoms with Crippen molar-refractivity contribution in [2.45, 2.75) is 20.8 Å². The summed E-state index contributed by atoms with van der Waals surface area (Å²) >= 11 is 0. The van der Waals surface area contributed by atoms with Gasteiger partial charge in [-0.3, -0.25) is 14.9 Å². The average Bonchev–Trinajstić information content (AvgIpc) is 2.68. The predicted octanol–water partition coefficient (Wildman–Crippen LogP) is 3.09. The van der Waals surface area contributed by atoms with Gasteiger partial charge in [0.15, 0.2) is 19.0 Å². The molecule has 9 heteroatoms. The molecule has 0 radical (unpaired) electrons. The van der Waals surface area contributed by atoms with E-state index in [0.717, 1.165) is 11.1 Å². The number of carbonyl (C=O) groups excluding carboxylic acids is 2. The fourth-order valence-electron chi connectivity index (χ4n) is 2.43. The molecule has 0 unspecified atom stereocenters. The quantitative estimate of drug-likeness (QED) is 0.410. The summed E-state index contributed by atoms with van der Waals surface area (Å²) in [6.45, 7) is 4.65. The highest BCUT2D eigenvalue weighted by Gasteiger charge is 2.18. The minimum atomic E-state index is -0.698. The van der Waals surface area contributed by atoms with Crippen LogP contribution in [0.2, 0.25) is 0 Å². The minimum absolute atomic E-state index is 0.00897. The van der Waals surface area contributed by atoms with Crippen LogP contribution in [-0.2, 0) is 14.3 Å². The standard InChI is InChI=1S/C20H22N2O7/c1-12-5-6-15(7-13(12)2)28-11-20(24)29-10-19(23)21-16-9-18(27-4)17(22(25)26)8-14(16)3/h5-9H,10-11H2,1-4H3,(H,21,23). The number of nitrogens with zero attached hydrogens (tertiary/aromatic N) is 1. The van der Waals surface area contributed by atoms with Gasteiger partial charge in [-0.05, 0) is 49.6 Å². The topological polar surface area (TPSA) is 117 Å². The normalized spacial score (nSPS) is 10.2. The second kappa shape index (κ2) is 9.54. The number of nitro benzene ring substituents is 1. The monoisotopic (exact) mass is 402 g/mol. The van der Waals surface area contributed by atoms with Gasteiger partial charge in [-0.25, -0.2) is 4.79 Å². The van der Waals surface area contributed by atoms with Crippen molar-refractivity contribution in [2.75, 3.05) is 25.6 Å². The Bertz CT molecular complexity index is 941. The Balaban J connectivity index is 1.88. The van der Waals surface area contributed by atoms with Crippen LogP contribution in [0.5, 0.6) is 11.5 Å². The average molecular weight is 402 g/mol. The molecule has 0 bridgehead atoms. The highest BCUT2D eigenvalue weighted by molar-refractivity contribution is 5.94. The van der Waals surface area contributed by atoms with Gasteiger partial charge in [0.25, 0.3) is 5.91 Å². The molecule has 0 heterocycles. The van der Waals surface area contributed by atoms with Gasteiger partial charge in [0, 0.05) is 17.8 Å². The summed E-state index contributed by atoms with van der Waals surface area (Å²) in [5, 5.41) is 13.5. The molecule has 0 spiro atoms. The van der Waals surface area contributed by atoms with Crippen molar-refractivity contribution in [3.05, 3.63) is 57.1 Å². The molecular formula is C20H22N2O7. The van der Waals surface area contributed by atoms with Crippen LogP contribution in [0.3, 0.4) is 0 Å². The SMILES string of the molecule is COc1cc(NC(=O)COC(=O)COc2ccc(C)c(C)c2)c(C)cc1[N+](=O)[O-]. The van der Waals surface area contributed by atoms with Crippen LogP contribution in [0.15, 0.2) is 30.3 Å². The molecule has 1 amide bonds. The van der Waals surface area contributed by atoms with Crippen LogP contribution in [0, 0.1) is 30.9 Å². The lowest BCUT2D eigenvalue weighted by molar-refractivity contribution is -0.385. The summed E-state index contributed by atoms with van der Waals surface area (Å²) in [5.41, 5.74) is 2.71. The van der Waals surface area contributed by atoms with Gasteiger partial charge in [-0.2, -0.15) is 0 Å². The molecule has 0 atom stereocenters. The first kappa shape index (κ1) is 21.7. The molecule has 9 nitrogen and oxygen atoms in total. The molecule has 154 valence electrons. The number of esters is 1. The Morgan fingerprint density at radius 3 is 2.38 bits per heavy atom. The van der Waals surface area contributed by atoms with E-state index in [1.165, 1.54) is 19.2 Å². The second-order valence-corrected chi connectivity index (χ2v) is 6.34. The number of rotatable bonds is 8. The van der Waals surface area contributed by atoms with Gasteiger partial charge >= 0.3 is 11.7 Å². The summed E-state index contributed by atoms with van der Waals surface area (Å²) in [7, 11) is 1.29. The van der Waals surface area contributed by atoms with Gasteiger partial charge < -0.3 is 19.5 Å². The number of benzene rings is 2. The number of methoxy groups -OCH3 is 1. The van der Waals surface area contributed by atoms with Crippen LogP contribution in [0.4, 0.5) is 11.4 Å². The molecule has 2 rings (SSSR count). The number of amides is 1. The molecule has 0 aliphatic heterocycles. The van der Waals surface area contributed by atoms with Crippen molar-refractivity contribution in [3.63, 3.8) is 0 Å². The van der Waals surface area contributed by atoms with E-state index in [2.05, 4.69) is 5.32 Å². The molecule has 29 heavy (non-hydrogen) atoms. The van der Waals surface area contributed by atoms with Crippen LogP contribution in [-0.4, -0.2) is 37.1 Å². The van der Waals surface area contributed by atoms with E-state index in [0.29, 0.717) is 17.0 Å². The van der Waals surface area contributed by atoms with Crippen molar-refractivity contribution in [1.29, 1.82) is 0 Å². The zero-order valence-corrected chi connectivity index (χ0v) is 16.6. The van der Waals surface area contributed by atoms with E-state index in [9.17, 15) is 19.7 Å². The van der Waals surface area contributed by atoms with Crippen molar-refractivity contribution in [2.24, 2.45) is 0 Å². The Morgan fingerprint density at radius 1 is 1.03 bits per heavy atom. The first-order valence-corrected chi connectivity index (χ1v) is 8.69. The number of nitro groups is 1. The van der Waals surface area contributed by atoms with Crippen molar-refractivity contribution < 1.29 is 28.7 Å². The van der Waals surface area contributed by atoms with Crippen LogP contribution in [0.1, 0.15) is 16.7 Å². The van der Waals surface area contributed by atoms with E-state index >= 15 is 0 Å². The van der Waals surface area contributed by atoms with Gasteiger partial charge in [-0.1, -0.05) is 6.07 Å². The Labute approximate surface area is 167 Å². The second-order valence-electron chi connectivity index (χ2n) is 6.34. The van der Waals surface area contributed by atoms with Crippen LogP contribution in [0.25, 0.3) is 0 Å². The minimum Gasteiger partial charge on any atom is -0.490 e. The van der Waals surface area contributed by atoms with Crippen LogP contribution >= 0.6 is 0 Å². The Morgan fingerprint density at radius 2 is 1.76 bits per heavy atom. The van der Waals surface area contributed by atoms with Crippen molar-refractivity contribution >= 4 is 23.3 Å². The van der Waals surface area contributed by atoms with Crippen molar-refractivity contribution in [1.82, 2.24) is 0 Å². The largest absolute Gasteiger partial charge is 0.490 e. The molecule has 0 aliphatic rings. The molecule has 1 N–H and O–H groups in total. The third-order valence-electron chi connectivity index (χ3n) is 4.20. The molecule has 0 fully saturated rings. The maximum Gasteiger partial charge on any atom is 0.344 e. The lowest BCUT2D eigenvalue weighted by atomic mass is 10.1. The number of ether oxygens (including phenoxy) is 3. The zero-order chi connectivity index (χ0) is 21.6. The Kier molecular flexibility index (Phi) is 7.13. The first-order chi connectivity index (χ1) is 13.7. The zero-order valence-electron chi connectivity index (χ0n) is 16.6. The summed E-state index contributed by atoms with van der Waals surface area (Å²) < 4.78 is 15.2. The fourth-order valence-corrected chi connectivity index (χ4v) is 2.43. The summed E-state index contributed by atoms with van der Waals surface area (Å²) in [4.78, 5) is 34.3. The number of anilines is 1. The van der Waals surface area contributed by atoms with E-state index < -0.39 is 23.4 Å². The molecule has 2 aromatic carbocycles. The van der Waals surface area contributed by atoms with Crippen molar-refractivity contribution in [3.8, 4) is 11.5 Å². The lowest BCUT2D eigenvalue weighted by Gasteiger charge is -2.11. The molecule has 0 saturated heterocycles. The number of hydrogen-bond donors (Lipinski definition) is 1. The maximum atomic E-state index is 12.0. The molecule has 0 aromatic heterocycles. The fraction of sp³-hybridized carbons (Fsp3) is 0.300. The van der Waals surface area contributed by atoms with E-state index in [1.807, 2.05) is 19.9 Å². The molecule has 0 saturated carbocycles. The number of hydrogen-bond acceptors (Lipinski definition) is 7. The Hall–Kier alpha value is -3.62. The molecule has 2 aromatic rings. The van der Waals surface area contributed by atoms with E-state index in [-0.39, 0.29) is 18.0 Å². The number of aryl methyl sites for hydroxylation is 3. The highest BCUT2D eigenvalue weighted by Crippen LogP contribution is 2.32. The number of carbonyl (C=O) groups is 2. The third-order valence-corrected chi connectivity index (χ3v) is 4.20. The summed E-state index contributed by atoms with van der Waals surface area (Å²) in [5.74, 6) is -0.752. The molecular weight excluding hydrogens is 380 g/mol. The van der Waals surface area contributed by atoms with Gasteiger partial charge in [0.05, 0.1) is 12.0 Å². The van der Waals surface area contributed by atoms with Gasteiger partial charge in [0.2, 0.25) is 0 Å². The molecule has 0 aliphatic carbocycles. The predicted molar refractivity (Wildman–Crippen MR) is 105 cm³/mol. The smallest absolute Gasteiger partial charge is 0.344 e. The summed E-state index contributed by atoms with van der Waals surface area (Å²) in [6.07, 6.45) is 0. The maximum absolute atomic E-state index is 12.0. The first-order valence-electron chi connectivity index (χ1n) is 8.69. The summed E-state index contributed by atoms with van der Waals surface area (Å²) in [6, 6.07) is 8.06. The van der Waals surface area contributed by atoms with Gasteiger partial charge in [-0.15, -0.1) is 0 Å². The highest BCUT2D eigenvalue weighted by atomic mass is 16.6. The van der Waals surface area contributed by atoms with E-state index in [1.54, 1.807) is 19.1 Å². The lowest BCUT2D eigenvalue weighted by Crippen LogP contribution is -2.24. The third kappa shape index (κ3) is 5.93. The van der Waals surface area contributed by atoms with Crippen LogP contribution < -0.4 is 14.8 Å². The van der Waals surface area contributed by atoms with Gasteiger partial charge in [0.1, 0.15) is 5.75 Å².